The number of allylic oxidation sites excluding steroid dienone is 1. The molecule has 1 unspecified atom stereocenters. The van der Waals surface area contributed by atoms with Gasteiger partial charge in [0.05, 0.1) is 12.6 Å². The van der Waals surface area contributed by atoms with Gasteiger partial charge in [-0.25, -0.2) is 4.79 Å². The highest BCUT2D eigenvalue weighted by Gasteiger charge is 2.34. The monoisotopic (exact) mass is 335 g/mol. The Bertz CT molecular complexity index is 685. The zero-order valence-electron chi connectivity index (χ0n) is 14.9. The third-order valence-corrected chi connectivity index (χ3v) is 4.63. The summed E-state index contributed by atoms with van der Waals surface area (Å²) >= 11 is 0. The zero-order chi connectivity index (χ0) is 17.6. The quantitative estimate of drug-likeness (QED) is 0.741. The van der Waals surface area contributed by atoms with Crippen molar-refractivity contribution in [2.75, 3.05) is 6.61 Å². The van der Waals surface area contributed by atoms with Crippen molar-refractivity contribution >= 4 is 5.97 Å². The van der Waals surface area contributed by atoms with E-state index in [9.17, 15) is 4.79 Å². The normalized spacial score (nSPS) is 17.3. The van der Waals surface area contributed by atoms with Crippen molar-refractivity contribution < 1.29 is 9.53 Å². The number of ether oxygens (including phenoxy) is 1. The topological polar surface area (TPSA) is 29.5 Å². The summed E-state index contributed by atoms with van der Waals surface area (Å²) in [5.74, 6) is -0.136. The second-order valence-electron chi connectivity index (χ2n) is 6.45. The summed E-state index contributed by atoms with van der Waals surface area (Å²) in [5.41, 5.74) is 3.64. The summed E-state index contributed by atoms with van der Waals surface area (Å²) in [6.45, 7) is 4.40. The molecule has 0 fully saturated rings. The average Bonchev–Trinajstić information content (AvgIpc) is 2.64. The molecule has 0 radical (unpaired) electrons. The van der Waals surface area contributed by atoms with Crippen molar-refractivity contribution in [3.63, 3.8) is 0 Å². The fraction of sp³-hybridized carbons (Fsp3) is 0.318. The Labute approximate surface area is 149 Å². The first kappa shape index (κ1) is 17.3. The van der Waals surface area contributed by atoms with Crippen LogP contribution < -0.4 is 0 Å². The molecule has 0 bridgehead atoms. The highest BCUT2D eigenvalue weighted by Crippen LogP contribution is 2.35. The van der Waals surface area contributed by atoms with Crippen molar-refractivity contribution in [1.29, 1.82) is 0 Å². The Morgan fingerprint density at radius 1 is 1.08 bits per heavy atom. The lowest BCUT2D eigenvalue weighted by atomic mass is 9.92. The molecule has 1 atom stereocenters. The Morgan fingerprint density at radius 3 is 2.16 bits per heavy atom. The lowest BCUT2D eigenvalue weighted by molar-refractivity contribution is -0.149. The molecular formula is C22H25NO2. The number of carbonyl (C=O) groups is 1. The van der Waals surface area contributed by atoms with Crippen molar-refractivity contribution in [3.8, 4) is 0 Å². The maximum atomic E-state index is 12.6. The van der Waals surface area contributed by atoms with Gasteiger partial charge in [-0.2, -0.15) is 0 Å². The summed E-state index contributed by atoms with van der Waals surface area (Å²) in [7, 11) is 0. The molecule has 0 amide bonds. The summed E-state index contributed by atoms with van der Waals surface area (Å²) in [5, 5.41) is 0. The zero-order valence-corrected chi connectivity index (χ0v) is 14.9. The van der Waals surface area contributed by atoms with Gasteiger partial charge in [-0.05, 0) is 44.0 Å². The van der Waals surface area contributed by atoms with Gasteiger partial charge >= 0.3 is 5.97 Å². The largest absolute Gasteiger partial charge is 0.464 e. The minimum Gasteiger partial charge on any atom is -0.464 e. The minimum atomic E-state index is -0.255. The third kappa shape index (κ3) is 3.93. The predicted molar refractivity (Wildman–Crippen MR) is 100.0 cm³/mol. The Balaban J connectivity index is 2.06. The summed E-state index contributed by atoms with van der Waals surface area (Å²) in [4.78, 5) is 14.8. The summed E-state index contributed by atoms with van der Waals surface area (Å²) in [6.07, 6.45) is 3.85. The maximum Gasteiger partial charge on any atom is 0.328 e. The first-order valence-corrected chi connectivity index (χ1v) is 8.92. The lowest BCUT2D eigenvalue weighted by Crippen LogP contribution is -2.43. The van der Waals surface area contributed by atoms with Crippen LogP contribution in [-0.2, 0) is 9.53 Å². The van der Waals surface area contributed by atoms with Crippen molar-refractivity contribution in [2.24, 2.45) is 0 Å². The molecule has 25 heavy (non-hydrogen) atoms. The van der Waals surface area contributed by atoms with E-state index >= 15 is 0 Å². The van der Waals surface area contributed by atoms with Gasteiger partial charge in [0.1, 0.15) is 6.04 Å². The Morgan fingerprint density at radius 2 is 1.64 bits per heavy atom. The van der Waals surface area contributed by atoms with Crippen LogP contribution >= 0.6 is 0 Å². The van der Waals surface area contributed by atoms with Crippen LogP contribution in [0.3, 0.4) is 0 Å². The SMILES string of the molecule is CCOC(=O)C1CCC(C)=CN1C(c1ccccc1)c1ccccc1. The highest BCUT2D eigenvalue weighted by molar-refractivity contribution is 5.76. The highest BCUT2D eigenvalue weighted by atomic mass is 16.5. The number of esters is 1. The number of carbonyl (C=O) groups excluding carboxylic acids is 1. The van der Waals surface area contributed by atoms with Crippen LogP contribution in [-0.4, -0.2) is 23.5 Å². The number of rotatable bonds is 5. The van der Waals surface area contributed by atoms with Crippen LogP contribution in [0.5, 0.6) is 0 Å². The molecule has 3 nitrogen and oxygen atoms in total. The van der Waals surface area contributed by atoms with Crippen LogP contribution in [0.25, 0.3) is 0 Å². The van der Waals surface area contributed by atoms with Gasteiger partial charge in [-0.3, -0.25) is 0 Å². The van der Waals surface area contributed by atoms with E-state index in [1.165, 1.54) is 16.7 Å². The lowest BCUT2D eigenvalue weighted by Gasteiger charge is -2.40. The van der Waals surface area contributed by atoms with Crippen molar-refractivity contribution in [3.05, 3.63) is 83.6 Å². The molecule has 2 aromatic carbocycles. The first-order chi connectivity index (χ1) is 12.2. The fourth-order valence-electron chi connectivity index (χ4n) is 3.46. The minimum absolute atomic E-state index is 0.00736. The smallest absolute Gasteiger partial charge is 0.328 e. The van der Waals surface area contributed by atoms with Gasteiger partial charge in [0, 0.05) is 0 Å². The van der Waals surface area contributed by atoms with E-state index in [0.717, 1.165) is 12.8 Å². The predicted octanol–water partition coefficient (Wildman–Crippen LogP) is 4.71. The van der Waals surface area contributed by atoms with E-state index in [0.29, 0.717) is 6.61 Å². The van der Waals surface area contributed by atoms with Gasteiger partial charge in [-0.1, -0.05) is 66.2 Å². The molecule has 0 N–H and O–H groups in total. The number of hydrogen-bond acceptors (Lipinski definition) is 3. The van der Waals surface area contributed by atoms with Gasteiger partial charge < -0.3 is 9.64 Å². The van der Waals surface area contributed by atoms with Crippen LogP contribution in [0.15, 0.2) is 72.4 Å². The van der Waals surface area contributed by atoms with Crippen LogP contribution in [0.2, 0.25) is 0 Å². The molecular weight excluding hydrogens is 310 g/mol. The van der Waals surface area contributed by atoms with E-state index in [1.54, 1.807) is 0 Å². The van der Waals surface area contributed by atoms with Gasteiger partial charge in [0.2, 0.25) is 0 Å². The van der Waals surface area contributed by atoms with E-state index < -0.39 is 0 Å². The molecule has 2 aromatic rings. The molecule has 1 heterocycles. The summed E-state index contributed by atoms with van der Waals surface area (Å²) in [6, 6.07) is 20.5. The van der Waals surface area contributed by atoms with Crippen molar-refractivity contribution in [2.45, 2.75) is 38.8 Å². The fourth-order valence-corrected chi connectivity index (χ4v) is 3.46. The van der Waals surface area contributed by atoms with Gasteiger partial charge in [0.15, 0.2) is 0 Å². The molecule has 130 valence electrons. The molecule has 0 aliphatic carbocycles. The molecule has 0 aromatic heterocycles. The van der Waals surface area contributed by atoms with Crippen LogP contribution in [0, 0.1) is 0 Å². The number of hydrogen-bond donors (Lipinski definition) is 0. The Kier molecular flexibility index (Phi) is 5.54. The Hall–Kier alpha value is -2.55. The molecule has 3 heteroatoms. The maximum absolute atomic E-state index is 12.6. The van der Waals surface area contributed by atoms with E-state index in [2.05, 4.69) is 42.3 Å². The number of nitrogens with zero attached hydrogens (tertiary/aromatic N) is 1. The standard InChI is InChI=1S/C22H25NO2/c1-3-25-22(24)20-15-14-17(2)16-23(20)21(18-10-6-4-7-11-18)19-12-8-5-9-13-19/h4-13,16,20-21H,3,14-15H2,1-2H3. The van der Waals surface area contributed by atoms with Gasteiger partial charge in [-0.15, -0.1) is 0 Å². The first-order valence-electron chi connectivity index (χ1n) is 8.92. The summed E-state index contributed by atoms with van der Waals surface area (Å²) < 4.78 is 5.36. The molecule has 0 saturated heterocycles. The van der Waals surface area contributed by atoms with E-state index in [4.69, 9.17) is 4.74 Å². The van der Waals surface area contributed by atoms with Crippen LogP contribution in [0.1, 0.15) is 43.9 Å². The van der Waals surface area contributed by atoms with E-state index in [-0.39, 0.29) is 18.1 Å². The third-order valence-electron chi connectivity index (χ3n) is 4.63. The second-order valence-corrected chi connectivity index (χ2v) is 6.45. The second kappa shape index (κ2) is 8.02. The molecule has 1 aliphatic rings. The average molecular weight is 335 g/mol. The molecule has 0 spiro atoms. The van der Waals surface area contributed by atoms with Crippen LogP contribution in [0.4, 0.5) is 0 Å². The molecule has 3 rings (SSSR count). The van der Waals surface area contributed by atoms with Gasteiger partial charge in [0.25, 0.3) is 0 Å². The molecule has 0 saturated carbocycles. The molecule has 1 aliphatic heterocycles. The number of benzene rings is 2. The van der Waals surface area contributed by atoms with Crippen molar-refractivity contribution in [1.82, 2.24) is 4.90 Å². The van der Waals surface area contributed by atoms with E-state index in [1.807, 2.05) is 43.3 Å².